The Bertz CT molecular complexity index is 599. The Morgan fingerprint density at radius 2 is 1.75 bits per heavy atom. The van der Waals surface area contributed by atoms with Crippen LogP contribution >= 0.6 is 0 Å². The van der Waals surface area contributed by atoms with E-state index in [-0.39, 0.29) is 12.2 Å². The summed E-state index contributed by atoms with van der Waals surface area (Å²) in [6.45, 7) is 2.41. The molecule has 0 amide bonds. The fraction of sp³-hybridized carbons (Fsp3) is 0.250. The van der Waals surface area contributed by atoms with Crippen molar-refractivity contribution in [3.05, 3.63) is 64.7 Å². The number of ether oxygens (including phenoxy) is 1. The van der Waals surface area contributed by atoms with E-state index in [0.717, 1.165) is 17.2 Å². The van der Waals surface area contributed by atoms with Crippen LogP contribution in [0.4, 0.5) is 8.78 Å². The van der Waals surface area contributed by atoms with Crippen LogP contribution in [0.2, 0.25) is 0 Å². The lowest BCUT2D eigenvalue weighted by atomic mass is 10.1. The third kappa shape index (κ3) is 3.14. The molecule has 0 heterocycles. The molecule has 0 saturated carbocycles. The molecule has 2 nitrogen and oxygen atoms in total. The van der Waals surface area contributed by atoms with Gasteiger partial charge in [-0.05, 0) is 37.1 Å². The van der Waals surface area contributed by atoms with E-state index in [0.29, 0.717) is 18.7 Å². The summed E-state index contributed by atoms with van der Waals surface area (Å²) in [5.74, 6) is -1.03. The van der Waals surface area contributed by atoms with E-state index in [1.807, 2.05) is 25.1 Å². The van der Waals surface area contributed by atoms with Crippen LogP contribution in [0.15, 0.2) is 36.4 Å². The van der Waals surface area contributed by atoms with Crippen molar-refractivity contribution < 1.29 is 13.5 Å². The maximum absolute atomic E-state index is 13.6. The maximum Gasteiger partial charge on any atom is 0.165 e. The van der Waals surface area contributed by atoms with Crippen molar-refractivity contribution in [2.75, 3.05) is 6.54 Å². The number of para-hydroxylation sites is 1. The topological polar surface area (TPSA) is 35.2 Å². The summed E-state index contributed by atoms with van der Waals surface area (Å²) in [4.78, 5) is 0. The number of hydrogen-bond acceptors (Lipinski definition) is 2. The molecule has 0 aromatic heterocycles. The maximum atomic E-state index is 13.6. The van der Waals surface area contributed by atoms with Crippen LogP contribution in [0.5, 0.6) is 5.75 Å². The Hall–Kier alpha value is -1.94. The first-order valence-electron chi connectivity index (χ1n) is 6.47. The molecule has 2 rings (SSSR count). The Morgan fingerprint density at radius 3 is 2.50 bits per heavy atom. The largest absolute Gasteiger partial charge is 0.488 e. The fourth-order valence-electron chi connectivity index (χ4n) is 2.08. The van der Waals surface area contributed by atoms with E-state index in [2.05, 4.69) is 0 Å². The lowest BCUT2D eigenvalue weighted by molar-refractivity contribution is 0.292. The van der Waals surface area contributed by atoms with Gasteiger partial charge in [-0.25, -0.2) is 8.78 Å². The van der Waals surface area contributed by atoms with Crippen molar-refractivity contribution in [3.63, 3.8) is 0 Å². The molecule has 0 atom stereocenters. The van der Waals surface area contributed by atoms with Crippen LogP contribution in [0.25, 0.3) is 0 Å². The van der Waals surface area contributed by atoms with Gasteiger partial charge in [0.25, 0.3) is 0 Å². The number of nitrogens with two attached hydrogens (primary N) is 1. The van der Waals surface area contributed by atoms with E-state index in [4.69, 9.17) is 10.5 Å². The van der Waals surface area contributed by atoms with Crippen molar-refractivity contribution in [2.24, 2.45) is 5.73 Å². The normalized spacial score (nSPS) is 10.6. The minimum absolute atomic E-state index is 0.00792. The molecule has 0 aliphatic rings. The van der Waals surface area contributed by atoms with Gasteiger partial charge in [0.1, 0.15) is 12.4 Å². The Kier molecular flexibility index (Phi) is 4.69. The first-order chi connectivity index (χ1) is 9.63. The second kappa shape index (κ2) is 6.48. The zero-order valence-corrected chi connectivity index (χ0v) is 11.3. The summed E-state index contributed by atoms with van der Waals surface area (Å²) in [7, 11) is 0. The van der Waals surface area contributed by atoms with Gasteiger partial charge in [-0.1, -0.05) is 30.3 Å². The highest BCUT2D eigenvalue weighted by Crippen LogP contribution is 2.25. The summed E-state index contributed by atoms with van der Waals surface area (Å²) < 4.78 is 32.4. The van der Waals surface area contributed by atoms with Gasteiger partial charge in [-0.15, -0.1) is 0 Å². The van der Waals surface area contributed by atoms with Crippen molar-refractivity contribution in [3.8, 4) is 5.75 Å². The van der Waals surface area contributed by atoms with Gasteiger partial charge in [-0.3, -0.25) is 0 Å². The number of rotatable bonds is 5. The second-order valence-corrected chi connectivity index (χ2v) is 4.60. The molecule has 4 heteroatoms. The molecule has 0 radical (unpaired) electrons. The van der Waals surface area contributed by atoms with Crippen molar-refractivity contribution in [2.45, 2.75) is 20.0 Å². The standard InChI is InChI=1S/C16H17F2NO/c1-11-4-2-5-12(8-9-19)16(11)20-10-13-6-3-7-14(17)15(13)18/h2-7H,8-10,19H2,1H3. The lowest BCUT2D eigenvalue weighted by Crippen LogP contribution is -2.07. The van der Waals surface area contributed by atoms with Crippen LogP contribution in [0.1, 0.15) is 16.7 Å². The molecule has 2 aromatic rings. The minimum atomic E-state index is -0.863. The quantitative estimate of drug-likeness (QED) is 0.909. The number of halogens is 2. The van der Waals surface area contributed by atoms with Crippen LogP contribution in [-0.4, -0.2) is 6.54 Å². The third-order valence-corrected chi connectivity index (χ3v) is 3.11. The van der Waals surface area contributed by atoms with Gasteiger partial charge in [0.15, 0.2) is 11.6 Å². The van der Waals surface area contributed by atoms with E-state index >= 15 is 0 Å². The van der Waals surface area contributed by atoms with E-state index in [1.54, 1.807) is 0 Å². The molecule has 0 spiro atoms. The molecule has 0 unspecified atom stereocenters. The van der Waals surface area contributed by atoms with Gasteiger partial charge >= 0.3 is 0 Å². The van der Waals surface area contributed by atoms with Crippen LogP contribution in [0, 0.1) is 18.6 Å². The summed E-state index contributed by atoms with van der Waals surface area (Å²) >= 11 is 0. The molecule has 20 heavy (non-hydrogen) atoms. The van der Waals surface area contributed by atoms with Crippen molar-refractivity contribution >= 4 is 0 Å². The van der Waals surface area contributed by atoms with Crippen LogP contribution < -0.4 is 10.5 Å². The Labute approximate surface area is 117 Å². The molecule has 106 valence electrons. The number of aryl methyl sites for hydroxylation is 1. The Balaban J connectivity index is 2.20. The average Bonchev–Trinajstić information content (AvgIpc) is 2.43. The zero-order chi connectivity index (χ0) is 14.5. The third-order valence-electron chi connectivity index (χ3n) is 3.11. The molecule has 0 aliphatic heterocycles. The van der Waals surface area contributed by atoms with Crippen molar-refractivity contribution in [1.29, 1.82) is 0 Å². The first kappa shape index (κ1) is 14.5. The van der Waals surface area contributed by atoms with E-state index in [1.165, 1.54) is 12.1 Å². The molecular formula is C16H17F2NO. The zero-order valence-electron chi connectivity index (χ0n) is 11.3. The van der Waals surface area contributed by atoms with Gasteiger partial charge in [0, 0.05) is 5.56 Å². The fourth-order valence-corrected chi connectivity index (χ4v) is 2.08. The number of hydrogen-bond donors (Lipinski definition) is 1. The number of benzene rings is 2. The summed E-state index contributed by atoms with van der Waals surface area (Å²) in [5.41, 5.74) is 7.69. The average molecular weight is 277 g/mol. The van der Waals surface area contributed by atoms with Crippen LogP contribution in [-0.2, 0) is 13.0 Å². The van der Waals surface area contributed by atoms with Crippen LogP contribution in [0.3, 0.4) is 0 Å². The predicted molar refractivity (Wildman–Crippen MR) is 74.6 cm³/mol. The molecule has 2 N–H and O–H groups in total. The van der Waals surface area contributed by atoms with E-state index in [9.17, 15) is 8.78 Å². The first-order valence-corrected chi connectivity index (χ1v) is 6.47. The summed E-state index contributed by atoms with van der Waals surface area (Å²) in [5, 5.41) is 0. The van der Waals surface area contributed by atoms with Gasteiger partial charge < -0.3 is 10.5 Å². The van der Waals surface area contributed by atoms with Gasteiger partial charge in [0.05, 0.1) is 0 Å². The van der Waals surface area contributed by atoms with E-state index < -0.39 is 11.6 Å². The molecular weight excluding hydrogens is 260 g/mol. The Morgan fingerprint density at radius 1 is 1.05 bits per heavy atom. The van der Waals surface area contributed by atoms with Crippen molar-refractivity contribution in [1.82, 2.24) is 0 Å². The minimum Gasteiger partial charge on any atom is -0.488 e. The second-order valence-electron chi connectivity index (χ2n) is 4.60. The molecule has 0 fully saturated rings. The summed E-state index contributed by atoms with van der Waals surface area (Å²) in [6, 6.07) is 9.84. The smallest absolute Gasteiger partial charge is 0.165 e. The highest BCUT2D eigenvalue weighted by atomic mass is 19.2. The SMILES string of the molecule is Cc1cccc(CCN)c1OCc1cccc(F)c1F. The molecule has 0 saturated heterocycles. The highest BCUT2D eigenvalue weighted by molar-refractivity contribution is 5.41. The highest BCUT2D eigenvalue weighted by Gasteiger charge is 2.11. The molecule has 0 aliphatic carbocycles. The van der Waals surface area contributed by atoms with Gasteiger partial charge in [-0.2, -0.15) is 0 Å². The predicted octanol–water partition coefficient (Wildman–Crippen LogP) is 3.35. The monoisotopic (exact) mass is 277 g/mol. The van der Waals surface area contributed by atoms with Gasteiger partial charge in [0.2, 0.25) is 0 Å². The summed E-state index contributed by atoms with van der Waals surface area (Å²) in [6.07, 6.45) is 0.683. The molecule has 2 aromatic carbocycles. The lowest BCUT2D eigenvalue weighted by Gasteiger charge is -2.14. The molecule has 0 bridgehead atoms.